The Morgan fingerprint density at radius 2 is 1.87 bits per heavy atom. The molecule has 0 radical (unpaired) electrons. The summed E-state index contributed by atoms with van der Waals surface area (Å²) in [7, 11) is 0. The molecular weight excluding hydrogens is 398 g/mol. The van der Waals surface area contributed by atoms with Crippen molar-refractivity contribution >= 4 is 11.8 Å². The van der Waals surface area contributed by atoms with Crippen LogP contribution in [0.4, 0.5) is 0 Å². The van der Waals surface area contributed by atoms with Crippen LogP contribution in [0.2, 0.25) is 0 Å². The molecule has 9 heteroatoms. The maximum absolute atomic E-state index is 5.54. The summed E-state index contributed by atoms with van der Waals surface area (Å²) < 4.78 is 7.57. The van der Waals surface area contributed by atoms with Crippen LogP contribution in [0, 0.1) is 0 Å². The standard InChI is InChI=1S/C21H17N7OS/c1-2-7-18(8-3-1)28-23-13-17(26-28)15-30-21-25-24-20(16-6-4-10-22-12-16)27(21)14-19-9-5-11-29-19/h1-13H,14-15H2. The van der Waals surface area contributed by atoms with Crippen LogP contribution in [0.5, 0.6) is 0 Å². The van der Waals surface area contributed by atoms with Crippen molar-refractivity contribution < 1.29 is 4.42 Å². The highest BCUT2D eigenvalue weighted by Crippen LogP contribution is 2.26. The fourth-order valence-electron chi connectivity index (χ4n) is 2.99. The summed E-state index contributed by atoms with van der Waals surface area (Å²) in [5.41, 5.74) is 2.69. The van der Waals surface area contributed by atoms with Crippen LogP contribution >= 0.6 is 11.8 Å². The first-order valence-electron chi connectivity index (χ1n) is 9.32. The summed E-state index contributed by atoms with van der Waals surface area (Å²) in [5, 5.41) is 18.5. The van der Waals surface area contributed by atoms with Gasteiger partial charge in [0.1, 0.15) is 5.76 Å². The van der Waals surface area contributed by atoms with Crippen LogP contribution in [-0.4, -0.2) is 34.7 Å². The summed E-state index contributed by atoms with van der Waals surface area (Å²) in [6.07, 6.45) is 6.96. The molecule has 148 valence electrons. The molecule has 0 bridgehead atoms. The number of benzene rings is 1. The van der Waals surface area contributed by atoms with E-state index >= 15 is 0 Å². The van der Waals surface area contributed by atoms with Gasteiger partial charge in [-0.3, -0.25) is 9.55 Å². The second-order valence-electron chi connectivity index (χ2n) is 6.46. The normalized spacial score (nSPS) is 11.1. The van der Waals surface area contributed by atoms with Crippen molar-refractivity contribution in [1.29, 1.82) is 0 Å². The molecule has 0 amide bonds. The third-order valence-electron chi connectivity index (χ3n) is 4.41. The highest BCUT2D eigenvalue weighted by molar-refractivity contribution is 7.98. The number of pyridine rings is 1. The molecule has 4 aromatic heterocycles. The van der Waals surface area contributed by atoms with E-state index in [1.165, 1.54) is 0 Å². The number of aromatic nitrogens is 7. The topological polar surface area (TPSA) is 87.5 Å². The van der Waals surface area contributed by atoms with E-state index in [1.807, 2.05) is 59.2 Å². The third-order valence-corrected chi connectivity index (χ3v) is 5.41. The molecule has 0 aliphatic carbocycles. The number of hydrogen-bond donors (Lipinski definition) is 0. The lowest BCUT2D eigenvalue weighted by Crippen LogP contribution is -2.04. The largest absolute Gasteiger partial charge is 0.467 e. The van der Waals surface area contributed by atoms with Crippen LogP contribution in [0.3, 0.4) is 0 Å². The van der Waals surface area contributed by atoms with Gasteiger partial charge in [-0.1, -0.05) is 30.0 Å². The molecule has 0 spiro atoms. The summed E-state index contributed by atoms with van der Waals surface area (Å²) >= 11 is 1.56. The first kappa shape index (κ1) is 18.3. The monoisotopic (exact) mass is 415 g/mol. The fourth-order valence-corrected chi connectivity index (χ4v) is 3.80. The van der Waals surface area contributed by atoms with E-state index in [1.54, 1.807) is 41.4 Å². The Morgan fingerprint density at radius 3 is 2.67 bits per heavy atom. The fraction of sp³-hybridized carbons (Fsp3) is 0.0952. The Morgan fingerprint density at radius 1 is 0.933 bits per heavy atom. The molecule has 0 aliphatic heterocycles. The summed E-state index contributed by atoms with van der Waals surface area (Å²) in [6, 6.07) is 17.5. The smallest absolute Gasteiger partial charge is 0.192 e. The van der Waals surface area contributed by atoms with Crippen LogP contribution in [0.1, 0.15) is 11.5 Å². The van der Waals surface area contributed by atoms with E-state index < -0.39 is 0 Å². The number of nitrogens with zero attached hydrogens (tertiary/aromatic N) is 7. The van der Waals surface area contributed by atoms with Crippen LogP contribution in [0.15, 0.2) is 89.0 Å². The molecule has 0 N–H and O–H groups in total. The van der Waals surface area contributed by atoms with Gasteiger partial charge in [0.2, 0.25) is 0 Å². The Balaban J connectivity index is 1.39. The van der Waals surface area contributed by atoms with Gasteiger partial charge in [0.25, 0.3) is 0 Å². The molecule has 0 atom stereocenters. The number of rotatable bonds is 7. The molecule has 0 saturated heterocycles. The van der Waals surface area contributed by atoms with Crippen molar-refractivity contribution in [3.8, 4) is 17.1 Å². The van der Waals surface area contributed by atoms with E-state index in [4.69, 9.17) is 4.42 Å². The maximum Gasteiger partial charge on any atom is 0.192 e. The van der Waals surface area contributed by atoms with Crippen molar-refractivity contribution in [3.63, 3.8) is 0 Å². The zero-order chi connectivity index (χ0) is 20.2. The van der Waals surface area contributed by atoms with Gasteiger partial charge in [-0.15, -0.1) is 10.2 Å². The molecule has 1 aromatic carbocycles. The summed E-state index contributed by atoms with van der Waals surface area (Å²) in [4.78, 5) is 5.83. The Labute approximate surface area is 176 Å². The molecule has 8 nitrogen and oxygen atoms in total. The van der Waals surface area contributed by atoms with Gasteiger partial charge < -0.3 is 4.42 Å². The van der Waals surface area contributed by atoms with E-state index in [9.17, 15) is 0 Å². The van der Waals surface area contributed by atoms with Crippen molar-refractivity contribution in [3.05, 3.63) is 90.9 Å². The van der Waals surface area contributed by atoms with Gasteiger partial charge >= 0.3 is 0 Å². The quantitative estimate of drug-likeness (QED) is 0.373. The lowest BCUT2D eigenvalue weighted by molar-refractivity contribution is 0.485. The Kier molecular flexibility index (Phi) is 5.09. The maximum atomic E-state index is 5.54. The molecule has 30 heavy (non-hydrogen) atoms. The zero-order valence-corrected chi connectivity index (χ0v) is 16.7. The minimum absolute atomic E-state index is 0.531. The predicted molar refractivity (Wildman–Crippen MR) is 112 cm³/mol. The minimum Gasteiger partial charge on any atom is -0.467 e. The van der Waals surface area contributed by atoms with Gasteiger partial charge in [-0.05, 0) is 36.4 Å². The second kappa shape index (κ2) is 8.34. The van der Waals surface area contributed by atoms with Crippen LogP contribution in [-0.2, 0) is 12.3 Å². The Bertz CT molecular complexity index is 1220. The van der Waals surface area contributed by atoms with E-state index in [0.29, 0.717) is 12.3 Å². The van der Waals surface area contributed by atoms with Crippen LogP contribution in [0.25, 0.3) is 17.1 Å². The highest BCUT2D eigenvalue weighted by Gasteiger charge is 2.16. The highest BCUT2D eigenvalue weighted by atomic mass is 32.2. The van der Waals surface area contributed by atoms with Crippen molar-refractivity contribution in [2.45, 2.75) is 17.5 Å². The minimum atomic E-state index is 0.531. The molecule has 0 fully saturated rings. The molecule has 0 saturated carbocycles. The lowest BCUT2D eigenvalue weighted by atomic mass is 10.2. The SMILES string of the molecule is c1ccc(-n2ncc(CSc3nnc(-c4cccnc4)n3Cc3ccco3)n2)cc1. The summed E-state index contributed by atoms with van der Waals surface area (Å²) in [5.74, 6) is 2.20. The van der Waals surface area contributed by atoms with E-state index in [0.717, 1.165) is 33.7 Å². The van der Waals surface area contributed by atoms with E-state index in [-0.39, 0.29) is 0 Å². The Hall–Kier alpha value is -3.72. The zero-order valence-electron chi connectivity index (χ0n) is 15.9. The van der Waals surface area contributed by atoms with Gasteiger partial charge in [0.05, 0.1) is 30.4 Å². The molecule has 0 unspecified atom stereocenters. The molecular formula is C21H17N7OS. The summed E-state index contributed by atoms with van der Waals surface area (Å²) in [6.45, 7) is 0.531. The van der Waals surface area contributed by atoms with Gasteiger partial charge in [0, 0.05) is 23.7 Å². The molecule has 5 rings (SSSR count). The first-order valence-corrected chi connectivity index (χ1v) is 10.3. The average Bonchev–Trinajstić information content (AvgIpc) is 3.56. The van der Waals surface area contributed by atoms with Crippen molar-refractivity contribution in [2.75, 3.05) is 0 Å². The lowest BCUT2D eigenvalue weighted by Gasteiger charge is -2.08. The van der Waals surface area contributed by atoms with Gasteiger partial charge in [-0.2, -0.15) is 15.0 Å². The molecule has 0 aliphatic rings. The van der Waals surface area contributed by atoms with Crippen molar-refractivity contribution in [1.82, 2.24) is 34.7 Å². The first-order chi connectivity index (χ1) is 14.9. The number of furan rings is 1. The molecule has 4 heterocycles. The van der Waals surface area contributed by atoms with Gasteiger partial charge in [0.15, 0.2) is 11.0 Å². The third kappa shape index (κ3) is 3.87. The van der Waals surface area contributed by atoms with E-state index in [2.05, 4.69) is 25.4 Å². The van der Waals surface area contributed by atoms with Crippen molar-refractivity contribution in [2.24, 2.45) is 0 Å². The number of thioether (sulfide) groups is 1. The second-order valence-corrected chi connectivity index (χ2v) is 7.41. The van der Waals surface area contributed by atoms with Gasteiger partial charge in [-0.25, -0.2) is 0 Å². The number of para-hydroxylation sites is 1. The predicted octanol–water partition coefficient (Wildman–Crippen LogP) is 3.85. The van der Waals surface area contributed by atoms with Crippen LogP contribution < -0.4 is 0 Å². The average molecular weight is 415 g/mol. The number of hydrogen-bond acceptors (Lipinski definition) is 7. The molecule has 5 aromatic rings.